The summed E-state index contributed by atoms with van der Waals surface area (Å²) in [6.45, 7) is 8.64. The van der Waals surface area contributed by atoms with Gasteiger partial charge in [-0.15, -0.1) is 0 Å². The lowest BCUT2D eigenvalue weighted by atomic mass is 10.4. The monoisotopic (exact) mass is 438 g/mol. The van der Waals surface area contributed by atoms with Crippen molar-refractivity contribution in [1.82, 2.24) is 10.2 Å². The molecule has 0 amide bonds. The van der Waals surface area contributed by atoms with E-state index in [-0.39, 0.29) is 20.6 Å². The van der Waals surface area contributed by atoms with Crippen molar-refractivity contribution in [2.75, 3.05) is 72.4 Å². The van der Waals surface area contributed by atoms with Crippen molar-refractivity contribution >= 4 is 0 Å². The van der Waals surface area contributed by atoms with E-state index in [2.05, 4.69) is 22.9 Å². The molecule has 0 unspecified atom stereocenters. The van der Waals surface area contributed by atoms with Crippen LogP contribution in [-0.4, -0.2) is 87.5 Å². The minimum Gasteiger partial charge on any atom is -0.395 e. The van der Waals surface area contributed by atoms with E-state index < -0.39 is 0 Å². The van der Waals surface area contributed by atoms with Gasteiger partial charge >= 0.3 is 0 Å². The Hall–Kier alpha value is -2.54. The standard InChI is InChI=1S/C13H20N4O2.C4H11NO2.C3H3N.CH4/c14-4-1-7-17(8-12-18-10-2-5-15)9-13-19-11-3-6-16;6-3-1-5-2-4-7;1-2-3-4;/h1-3,7-13H2;5-7H,1-4H2;2H,1H2;1H4. The summed E-state index contributed by atoms with van der Waals surface area (Å²) in [6.07, 6.45) is 2.45. The van der Waals surface area contributed by atoms with Gasteiger partial charge in [0.2, 0.25) is 0 Å². The van der Waals surface area contributed by atoms with Crippen molar-refractivity contribution in [3.63, 3.8) is 0 Å². The molecule has 0 aliphatic heterocycles. The predicted octanol–water partition coefficient (Wildman–Crippen LogP) is 0.955. The van der Waals surface area contributed by atoms with Crippen molar-refractivity contribution in [2.45, 2.75) is 26.7 Å². The zero-order chi connectivity index (χ0) is 23.1. The van der Waals surface area contributed by atoms with Crippen LogP contribution in [0.25, 0.3) is 0 Å². The summed E-state index contributed by atoms with van der Waals surface area (Å²) in [7, 11) is 0. The van der Waals surface area contributed by atoms with Crippen LogP contribution in [0.2, 0.25) is 0 Å². The van der Waals surface area contributed by atoms with Gasteiger partial charge in [0.25, 0.3) is 0 Å². The Bertz CT molecular complexity index is 492. The van der Waals surface area contributed by atoms with E-state index in [4.69, 9.17) is 40.7 Å². The average molecular weight is 439 g/mol. The molecule has 0 radical (unpaired) electrons. The zero-order valence-corrected chi connectivity index (χ0v) is 17.6. The van der Waals surface area contributed by atoms with E-state index >= 15 is 0 Å². The molecule has 10 heteroatoms. The normalized spacial score (nSPS) is 8.61. The number of nitriles is 4. The van der Waals surface area contributed by atoms with Gasteiger partial charge in [-0.1, -0.05) is 14.0 Å². The summed E-state index contributed by atoms with van der Waals surface area (Å²) in [6, 6.07) is 7.84. The molecule has 0 bridgehead atoms. The van der Waals surface area contributed by atoms with E-state index in [1.165, 1.54) is 6.08 Å². The van der Waals surface area contributed by atoms with E-state index in [1.54, 1.807) is 6.07 Å². The molecule has 31 heavy (non-hydrogen) atoms. The van der Waals surface area contributed by atoms with Crippen molar-refractivity contribution in [3.8, 4) is 24.3 Å². The number of hydrogen-bond donors (Lipinski definition) is 3. The maximum Gasteiger partial charge on any atom is 0.0905 e. The summed E-state index contributed by atoms with van der Waals surface area (Å²) >= 11 is 0. The highest BCUT2D eigenvalue weighted by Crippen LogP contribution is 1.93. The first-order valence-corrected chi connectivity index (χ1v) is 9.59. The molecule has 0 saturated heterocycles. The quantitative estimate of drug-likeness (QED) is 0.233. The van der Waals surface area contributed by atoms with E-state index in [0.29, 0.717) is 78.4 Å². The molecule has 176 valence electrons. The number of aliphatic hydroxyl groups excluding tert-OH is 2. The number of nitrogens with one attached hydrogen (secondary N) is 1. The molecule has 0 spiro atoms. The molecule has 0 aliphatic carbocycles. The lowest BCUT2D eigenvalue weighted by Gasteiger charge is -2.20. The van der Waals surface area contributed by atoms with Gasteiger partial charge in [0.05, 0.1) is 76.8 Å². The Balaban J connectivity index is -0.000000251. The summed E-state index contributed by atoms with van der Waals surface area (Å²) in [4.78, 5) is 2.09. The number of allylic oxidation sites excluding steroid dienone is 1. The summed E-state index contributed by atoms with van der Waals surface area (Å²) in [5.41, 5.74) is 0. The Morgan fingerprint density at radius 2 is 1.19 bits per heavy atom. The highest BCUT2D eigenvalue weighted by molar-refractivity contribution is 4.93. The van der Waals surface area contributed by atoms with Crippen LogP contribution in [0, 0.1) is 45.3 Å². The van der Waals surface area contributed by atoms with Crippen LogP contribution in [0.4, 0.5) is 0 Å². The molecule has 0 fully saturated rings. The number of rotatable bonds is 16. The summed E-state index contributed by atoms with van der Waals surface area (Å²) in [5.74, 6) is 0. The molecule has 3 N–H and O–H groups in total. The van der Waals surface area contributed by atoms with Crippen molar-refractivity contribution < 1.29 is 19.7 Å². The Morgan fingerprint density at radius 1 is 0.774 bits per heavy atom. The molecule has 0 aromatic carbocycles. The minimum atomic E-state index is 0. The fourth-order valence-corrected chi connectivity index (χ4v) is 1.65. The first-order valence-electron chi connectivity index (χ1n) is 9.59. The Labute approximate surface area is 187 Å². The molecule has 0 aromatic rings. The second kappa shape index (κ2) is 38.1. The second-order valence-corrected chi connectivity index (χ2v) is 5.32. The number of aliphatic hydroxyl groups is 2. The van der Waals surface area contributed by atoms with Crippen LogP contribution < -0.4 is 5.32 Å². The lowest BCUT2D eigenvalue weighted by Crippen LogP contribution is -2.32. The van der Waals surface area contributed by atoms with E-state index in [9.17, 15) is 0 Å². The predicted molar refractivity (Wildman–Crippen MR) is 118 cm³/mol. The van der Waals surface area contributed by atoms with Crippen LogP contribution in [-0.2, 0) is 9.47 Å². The first kappa shape index (κ1) is 35.9. The molecule has 0 aromatic heterocycles. The molecule has 0 heterocycles. The Kier molecular flexibility index (Phi) is 44.1. The molecule has 10 nitrogen and oxygen atoms in total. The molecule has 0 rings (SSSR count). The van der Waals surface area contributed by atoms with Gasteiger partial charge in [-0.2, -0.15) is 21.0 Å². The average Bonchev–Trinajstić information content (AvgIpc) is 2.77. The molecule has 0 aliphatic rings. The maximum absolute atomic E-state index is 8.59. The maximum atomic E-state index is 8.59. The van der Waals surface area contributed by atoms with Crippen LogP contribution >= 0.6 is 0 Å². The smallest absolute Gasteiger partial charge is 0.0905 e. The number of ether oxygens (including phenoxy) is 2. The number of nitrogens with zero attached hydrogens (tertiary/aromatic N) is 5. The largest absolute Gasteiger partial charge is 0.395 e. The third-order valence-corrected chi connectivity index (χ3v) is 3.03. The van der Waals surface area contributed by atoms with E-state index in [0.717, 1.165) is 0 Å². The highest BCUT2D eigenvalue weighted by Gasteiger charge is 2.04. The van der Waals surface area contributed by atoms with Crippen molar-refractivity contribution in [2.24, 2.45) is 0 Å². The zero-order valence-electron chi connectivity index (χ0n) is 17.6. The van der Waals surface area contributed by atoms with Crippen LogP contribution in [0.3, 0.4) is 0 Å². The number of hydrogen-bond acceptors (Lipinski definition) is 10. The Morgan fingerprint density at radius 3 is 1.52 bits per heavy atom. The molecular formula is C21H38N6O4. The van der Waals surface area contributed by atoms with Crippen molar-refractivity contribution in [3.05, 3.63) is 12.7 Å². The van der Waals surface area contributed by atoms with Gasteiger partial charge in [-0.05, 0) is 0 Å². The lowest BCUT2D eigenvalue weighted by molar-refractivity contribution is 0.0788. The van der Waals surface area contributed by atoms with Crippen LogP contribution in [0.1, 0.15) is 26.7 Å². The molecule has 0 saturated carbocycles. The first-order chi connectivity index (χ1) is 14.7. The SMILES string of the molecule is C.C=CC#N.N#CCCOCCN(CCC#N)CCOCCC#N.OCCNCCO. The summed E-state index contributed by atoms with van der Waals surface area (Å²) in [5, 5.41) is 51.9. The van der Waals surface area contributed by atoms with Gasteiger partial charge in [0, 0.05) is 45.2 Å². The fourth-order valence-electron chi connectivity index (χ4n) is 1.65. The fraction of sp³-hybridized carbons (Fsp3) is 0.714. The van der Waals surface area contributed by atoms with Gasteiger partial charge < -0.3 is 25.0 Å². The third-order valence-electron chi connectivity index (χ3n) is 3.03. The van der Waals surface area contributed by atoms with Crippen LogP contribution in [0.15, 0.2) is 12.7 Å². The van der Waals surface area contributed by atoms with Gasteiger partial charge in [-0.3, -0.25) is 4.90 Å². The van der Waals surface area contributed by atoms with Crippen molar-refractivity contribution in [1.29, 1.82) is 21.0 Å². The third kappa shape index (κ3) is 42.5. The summed E-state index contributed by atoms with van der Waals surface area (Å²) < 4.78 is 10.6. The van der Waals surface area contributed by atoms with E-state index in [1.807, 2.05) is 12.1 Å². The van der Waals surface area contributed by atoms with Gasteiger partial charge in [0.1, 0.15) is 0 Å². The van der Waals surface area contributed by atoms with Gasteiger partial charge in [0.15, 0.2) is 0 Å². The topological polar surface area (TPSA) is 169 Å². The van der Waals surface area contributed by atoms with Crippen LogP contribution in [0.5, 0.6) is 0 Å². The minimum absolute atomic E-state index is 0. The molecule has 0 atom stereocenters. The van der Waals surface area contributed by atoms with Gasteiger partial charge in [-0.25, -0.2) is 0 Å². The highest BCUT2D eigenvalue weighted by atomic mass is 16.5. The molecular weight excluding hydrogens is 400 g/mol. The second-order valence-electron chi connectivity index (χ2n) is 5.32.